The van der Waals surface area contributed by atoms with Crippen molar-refractivity contribution in [3.63, 3.8) is 0 Å². The Kier molecular flexibility index (Phi) is 2.93. The van der Waals surface area contributed by atoms with Gasteiger partial charge in [-0.15, -0.1) is 0 Å². The Morgan fingerprint density at radius 1 is 1.50 bits per heavy atom. The highest BCUT2D eigenvalue weighted by Crippen LogP contribution is 2.25. The van der Waals surface area contributed by atoms with E-state index in [4.69, 9.17) is 4.42 Å². The number of rotatable bonds is 3. The molecule has 0 N–H and O–H groups in total. The third-order valence-corrected chi connectivity index (χ3v) is 3.19. The number of aromatic nitrogens is 1. The molecule has 2 rings (SSSR count). The summed E-state index contributed by atoms with van der Waals surface area (Å²) in [6.45, 7) is 3.75. The highest BCUT2D eigenvalue weighted by molar-refractivity contribution is 9.11. The molecule has 0 atom stereocenters. The average Bonchev–Trinajstić information content (AvgIpc) is 2.57. The van der Waals surface area contributed by atoms with Gasteiger partial charge in [0.2, 0.25) is 0 Å². The van der Waals surface area contributed by atoms with Crippen molar-refractivity contribution in [2.75, 3.05) is 5.75 Å². The van der Waals surface area contributed by atoms with Crippen molar-refractivity contribution in [3.8, 4) is 0 Å². The van der Waals surface area contributed by atoms with Crippen LogP contribution < -0.4 is 0 Å². The van der Waals surface area contributed by atoms with Crippen molar-refractivity contribution in [2.45, 2.75) is 5.22 Å². The predicted octanol–water partition coefficient (Wildman–Crippen LogP) is 3.83. The van der Waals surface area contributed by atoms with Crippen molar-refractivity contribution in [2.24, 2.45) is 0 Å². The molecule has 1 heterocycles. The third-order valence-electron chi connectivity index (χ3n) is 1.63. The van der Waals surface area contributed by atoms with Crippen LogP contribution in [-0.4, -0.2) is 10.7 Å². The molecule has 72 valence electrons. The number of benzene rings is 1. The maximum atomic E-state index is 5.51. The van der Waals surface area contributed by atoms with Crippen molar-refractivity contribution in [3.05, 3.63) is 35.3 Å². The molecule has 0 fully saturated rings. The van der Waals surface area contributed by atoms with Crippen molar-refractivity contribution in [1.82, 2.24) is 4.98 Å². The van der Waals surface area contributed by atoms with E-state index >= 15 is 0 Å². The van der Waals surface area contributed by atoms with Crippen LogP contribution in [-0.2, 0) is 0 Å². The molecule has 0 aliphatic rings. The van der Waals surface area contributed by atoms with Gasteiger partial charge in [-0.2, -0.15) is 0 Å². The molecule has 0 saturated carbocycles. The maximum Gasteiger partial charge on any atom is 0.257 e. The zero-order chi connectivity index (χ0) is 9.97. The molecule has 14 heavy (non-hydrogen) atoms. The Morgan fingerprint density at radius 2 is 2.29 bits per heavy atom. The van der Waals surface area contributed by atoms with Gasteiger partial charge in [0.15, 0.2) is 5.58 Å². The summed E-state index contributed by atoms with van der Waals surface area (Å²) in [7, 11) is 0. The van der Waals surface area contributed by atoms with E-state index in [9.17, 15) is 0 Å². The fourth-order valence-corrected chi connectivity index (χ4v) is 1.99. The molecule has 0 amide bonds. The van der Waals surface area contributed by atoms with Gasteiger partial charge in [0.25, 0.3) is 5.22 Å². The van der Waals surface area contributed by atoms with E-state index in [0.29, 0.717) is 5.22 Å². The molecule has 0 unspecified atom stereocenters. The molecule has 0 radical (unpaired) electrons. The summed E-state index contributed by atoms with van der Waals surface area (Å²) in [5.41, 5.74) is 1.73. The SMILES string of the molecule is C=C(Br)CSc1nc2ccccc2o1. The van der Waals surface area contributed by atoms with E-state index < -0.39 is 0 Å². The number of hydrogen-bond acceptors (Lipinski definition) is 3. The number of oxazole rings is 1. The monoisotopic (exact) mass is 269 g/mol. The van der Waals surface area contributed by atoms with Crippen molar-refractivity contribution >= 4 is 38.8 Å². The van der Waals surface area contributed by atoms with Crippen molar-refractivity contribution < 1.29 is 4.42 Å². The second-order valence-corrected chi connectivity index (χ2v) is 4.80. The summed E-state index contributed by atoms with van der Waals surface area (Å²) in [5, 5.41) is 0.687. The van der Waals surface area contributed by atoms with Crippen LogP contribution in [0.4, 0.5) is 0 Å². The Bertz CT molecular complexity index is 433. The summed E-state index contributed by atoms with van der Waals surface area (Å²) >= 11 is 4.82. The van der Waals surface area contributed by atoms with E-state index in [1.807, 2.05) is 24.3 Å². The lowest BCUT2D eigenvalue weighted by molar-refractivity contribution is 0.490. The zero-order valence-electron chi connectivity index (χ0n) is 7.37. The summed E-state index contributed by atoms with van der Waals surface area (Å²) in [4.78, 5) is 4.32. The molecule has 0 spiro atoms. The molecule has 1 aromatic heterocycles. The van der Waals surface area contributed by atoms with Crippen LogP contribution in [0, 0.1) is 0 Å². The first-order chi connectivity index (χ1) is 6.75. The Labute approximate surface area is 94.5 Å². The van der Waals surface area contributed by atoms with Crippen LogP contribution in [0.2, 0.25) is 0 Å². The zero-order valence-corrected chi connectivity index (χ0v) is 9.77. The number of para-hydroxylation sites is 2. The lowest BCUT2D eigenvalue weighted by atomic mass is 10.3. The minimum absolute atomic E-state index is 0.687. The topological polar surface area (TPSA) is 26.0 Å². The first kappa shape index (κ1) is 9.80. The normalized spacial score (nSPS) is 10.6. The molecule has 0 aliphatic heterocycles. The van der Waals surface area contributed by atoms with E-state index in [0.717, 1.165) is 21.3 Å². The molecule has 0 saturated heterocycles. The van der Waals surface area contributed by atoms with Gasteiger partial charge >= 0.3 is 0 Å². The summed E-state index contributed by atoms with van der Waals surface area (Å²) in [6, 6.07) is 7.73. The first-order valence-electron chi connectivity index (χ1n) is 4.07. The number of nitrogens with zero attached hydrogens (tertiary/aromatic N) is 1. The van der Waals surface area contributed by atoms with Gasteiger partial charge in [0.1, 0.15) is 5.52 Å². The Balaban J connectivity index is 2.22. The van der Waals surface area contributed by atoms with E-state index in [1.54, 1.807) is 0 Å². The molecule has 0 bridgehead atoms. The summed E-state index contributed by atoms with van der Waals surface area (Å²) < 4.78 is 6.44. The largest absolute Gasteiger partial charge is 0.431 e. The van der Waals surface area contributed by atoms with Gasteiger partial charge in [-0.3, -0.25) is 0 Å². The lowest BCUT2D eigenvalue weighted by Crippen LogP contribution is -1.75. The van der Waals surface area contributed by atoms with Crippen LogP contribution in [0.15, 0.2) is 45.0 Å². The quantitative estimate of drug-likeness (QED) is 0.793. The van der Waals surface area contributed by atoms with E-state index in [-0.39, 0.29) is 0 Å². The standard InChI is InChI=1S/C10H8BrNOS/c1-7(11)6-14-10-12-8-4-2-3-5-9(8)13-10/h2-5H,1,6H2. The Hall–Kier alpha value is -0.740. The smallest absolute Gasteiger partial charge is 0.257 e. The first-order valence-corrected chi connectivity index (χ1v) is 5.85. The van der Waals surface area contributed by atoms with Gasteiger partial charge in [-0.25, -0.2) is 4.98 Å². The molecule has 2 nitrogen and oxygen atoms in total. The maximum absolute atomic E-state index is 5.51. The molecule has 0 aliphatic carbocycles. The fourth-order valence-electron chi connectivity index (χ4n) is 1.05. The minimum atomic E-state index is 0.687. The predicted molar refractivity (Wildman–Crippen MR) is 62.8 cm³/mol. The summed E-state index contributed by atoms with van der Waals surface area (Å²) in [6.07, 6.45) is 0. The van der Waals surface area contributed by atoms with Crippen LogP contribution in [0.5, 0.6) is 0 Å². The van der Waals surface area contributed by atoms with Gasteiger partial charge in [0.05, 0.1) is 0 Å². The van der Waals surface area contributed by atoms with Gasteiger partial charge in [-0.1, -0.05) is 46.4 Å². The summed E-state index contributed by atoms with van der Waals surface area (Å²) in [5.74, 6) is 0.771. The average molecular weight is 270 g/mol. The number of hydrogen-bond donors (Lipinski definition) is 0. The van der Waals surface area contributed by atoms with Gasteiger partial charge in [0, 0.05) is 5.75 Å². The van der Waals surface area contributed by atoms with Crippen LogP contribution in [0.3, 0.4) is 0 Å². The number of fused-ring (bicyclic) bond motifs is 1. The van der Waals surface area contributed by atoms with Gasteiger partial charge in [-0.05, 0) is 16.6 Å². The van der Waals surface area contributed by atoms with Gasteiger partial charge < -0.3 is 4.42 Å². The molecule has 1 aromatic carbocycles. The van der Waals surface area contributed by atoms with Crippen LogP contribution in [0.25, 0.3) is 11.1 Å². The highest BCUT2D eigenvalue weighted by Gasteiger charge is 2.04. The van der Waals surface area contributed by atoms with Crippen LogP contribution in [0.1, 0.15) is 0 Å². The molecule has 2 aromatic rings. The second kappa shape index (κ2) is 4.19. The molecular formula is C10H8BrNOS. The minimum Gasteiger partial charge on any atom is -0.431 e. The van der Waals surface area contributed by atoms with Crippen LogP contribution >= 0.6 is 27.7 Å². The fraction of sp³-hybridized carbons (Fsp3) is 0.100. The van der Waals surface area contributed by atoms with Crippen molar-refractivity contribution in [1.29, 1.82) is 0 Å². The second-order valence-electron chi connectivity index (χ2n) is 2.75. The highest BCUT2D eigenvalue weighted by atomic mass is 79.9. The number of thioether (sulfide) groups is 1. The third kappa shape index (κ3) is 2.19. The lowest BCUT2D eigenvalue weighted by Gasteiger charge is -1.91. The Morgan fingerprint density at radius 3 is 3.00 bits per heavy atom. The molecular weight excluding hydrogens is 262 g/mol. The molecule has 4 heteroatoms. The van der Waals surface area contributed by atoms with E-state index in [2.05, 4.69) is 27.5 Å². The van der Waals surface area contributed by atoms with E-state index in [1.165, 1.54) is 11.8 Å². The number of halogens is 1.